The van der Waals surface area contributed by atoms with Gasteiger partial charge in [-0.05, 0) is 0 Å². The fourth-order valence-corrected chi connectivity index (χ4v) is 12.8. The third-order valence-corrected chi connectivity index (χ3v) is 16.7. The third-order valence-electron chi connectivity index (χ3n) is 3.83. The van der Waals surface area contributed by atoms with Crippen LogP contribution in [0.25, 0.3) is 0 Å². The second-order valence-electron chi connectivity index (χ2n) is 6.02. The molecule has 0 aromatic rings. The van der Waals surface area contributed by atoms with Gasteiger partial charge >= 0.3 is 112 Å². The van der Waals surface area contributed by atoms with Crippen molar-refractivity contribution in [2.24, 2.45) is 0 Å². The molecule has 0 unspecified atom stereocenters. The van der Waals surface area contributed by atoms with Crippen molar-refractivity contribution in [3.05, 3.63) is 0 Å². The zero-order chi connectivity index (χ0) is 12.7. The maximum atomic E-state index is 2.60. The molecule has 0 aliphatic rings. The fraction of sp³-hybridized carbons (Fsp3) is 1.00. The minimum absolute atomic E-state index is 0.719. The summed E-state index contributed by atoms with van der Waals surface area (Å²) in [6.07, 6.45) is 1.45. The molecule has 0 bridgehead atoms. The quantitative estimate of drug-likeness (QED) is 0.637. The normalized spacial score (nSPS) is 12.2. The summed E-state index contributed by atoms with van der Waals surface area (Å²) in [4.78, 5) is 2.60. The van der Waals surface area contributed by atoms with E-state index < -0.39 is 21.4 Å². The summed E-state index contributed by atoms with van der Waals surface area (Å²) >= 11 is -1.23. The van der Waals surface area contributed by atoms with Gasteiger partial charge in [-0.25, -0.2) is 0 Å². The van der Waals surface area contributed by atoms with Crippen molar-refractivity contribution in [2.75, 3.05) is 13.1 Å². The van der Waals surface area contributed by atoms with Crippen LogP contribution in [0.2, 0.25) is 11.5 Å². The molecule has 0 atom stereocenters. The van der Waals surface area contributed by atoms with Gasteiger partial charge in [0.15, 0.2) is 0 Å². The molecule has 0 amide bonds. The van der Waals surface area contributed by atoms with Crippen LogP contribution in [0.1, 0.15) is 54.9 Å². The molecular formula is C14H32InN. The molecule has 0 N–H and O–H groups in total. The van der Waals surface area contributed by atoms with Crippen molar-refractivity contribution < 1.29 is 0 Å². The van der Waals surface area contributed by atoms with Gasteiger partial charge in [0.2, 0.25) is 0 Å². The zero-order valence-electron chi connectivity index (χ0n) is 12.6. The molecule has 0 aliphatic heterocycles. The molecule has 16 heavy (non-hydrogen) atoms. The van der Waals surface area contributed by atoms with E-state index in [0.29, 0.717) is 0 Å². The molecule has 0 heterocycles. The van der Waals surface area contributed by atoms with Gasteiger partial charge in [-0.1, -0.05) is 0 Å². The molecular weight excluding hydrogens is 297 g/mol. The molecule has 0 radical (unpaired) electrons. The van der Waals surface area contributed by atoms with Crippen molar-refractivity contribution in [1.82, 2.24) is 4.90 Å². The van der Waals surface area contributed by atoms with E-state index in [4.69, 9.17) is 0 Å². The Morgan fingerprint density at radius 3 is 1.75 bits per heavy atom. The number of nitrogens with zero attached hydrogens (tertiary/aromatic N) is 1. The average Bonchev–Trinajstić information content (AvgIpc) is 2.15. The molecule has 0 aromatic carbocycles. The Labute approximate surface area is 112 Å². The van der Waals surface area contributed by atoms with Crippen LogP contribution in [0.15, 0.2) is 0 Å². The Morgan fingerprint density at radius 1 is 0.938 bits per heavy atom. The van der Waals surface area contributed by atoms with Crippen LogP contribution in [0, 0.1) is 0 Å². The van der Waals surface area contributed by atoms with Gasteiger partial charge in [-0.3, -0.25) is 0 Å². The van der Waals surface area contributed by atoms with E-state index in [1.165, 1.54) is 19.5 Å². The van der Waals surface area contributed by atoms with Crippen molar-refractivity contribution in [3.63, 3.8) is 0 Å². The molecule has 0 aliphatic carbocycles. The number of hydrogen-bond acceptors (Lipinski definition) is 1. The zero-order valence-corrected chi connectivity index (χ0v) is 15.9. The summed E-state index contributed by atoms with van der Waals surface area (Å²) in [5.41, 5.74) is 0. The second-order valence-corrected chi connectivity index (χ2v) is 19.1. The van der Waals surface area contributed by atoms with Gasteiger partial charge in [0.25, 0.3) is 0 Å². The Kier molecular flexibility index (Phi) is 9.31. The van der Waals surface area contributed by atoms with E-state index in [1.807, 2.05) is 0 Å². The van der Waals surface area contributed by atoms with Crippen molar-refractivity contribution in [3.8, 4) is 0 Å². The van der Waals surface area contributed by atoms with Gasteiger partial charge in [0.1, 0.15) is 0 Å². The van der Waals surface area contributed by atoms with E-state index in [1.54, 1.807) is 4.18 Å². The fourth-order valence-electron chi connectivity index (χ4n) is 2.75. The summed E-state index contributed by atoms with van der Waals surface area (Å²) < 4.78 is 3.67. The van der Waals surface area contributed by atoms with Gasteiger partial charge in [0, 0.05) is 0 Å². The summed E-state index contributed by atoms with van der Waals surface area (Å²) in [5, 5.41) is 0. The molecule has 96 valence electrons. The molecule has 0 spiro atoms. The van der Waals surface area contributed by atoms with Gasteiger partial charge in [-0.15, -0.1) is 0 Å². The van der Waals surface area contributed by atoms with Crippen molar-refractivity contribution in [2.45, 2.75) is 72.5 Å². The van der Waals surface area contributed by atoms with E-state index in [0.717, 1.165) is 13.4 Å². The number of rotatable bonds is 8. The van der Waals surface area contributed by atoms with Crippen LogP contribution in [0.3, 0.4) is 0 Å². The predicted molar refractivity (Wildman–Crippen MR) is 77.8 cm³/mol. The molecule has 0 rings (SSSR count). The first-order valence-electron chi connectivity index (χ1n) is 7.14. The standard InChI is InChI=1S/C8H18N.2C3H7.In/c1-5-7-9(6-2)8(3)4;2*1-3-2;/h8H,1,5-7H2,2-4H3;2*3H,1-2H3;. The minimum atomic E-state index is -1.23. The van der Waals surface area contributed by atoms with E-state index in [2.05, 4.69) is 53.4 Å². The summed E-state index contributed by atoms with van der Waals surface area (Å²) in [7, 11) is 0. The maximum absolute atomic E-state index is 2.60. The van der Waals surface area contributed by atoms with Crippen LogP contribution in [0.5, 0.6) is 0 Å². The Bertz CT molecular complexity index is 158. The molecule has 0 saturated heterocycles. The summed E-state index contributed by atoms with van der Waals surface area (Å²) in [6.45, 7) is 19.3. The third kappa shape index (κ3) is 6.54. The molecule has 1 nitrogen and oxygen atoms in total. The summed E-state index contributed by atoms with van der Waals surface area (Å²) in [6, 6.07) is 0.719. The average molecular weight is 329 g/mol. The Balaban J connectivity index is 3.94. The van der Waals surface area contributed by atoms with Gasteiger partial charge in [0.05, 0.1) is 0 Å². The Hall–Kier alpha value is 0.830. The second kappa shape index (κ2) is 8.85. The SMILES string of the molecule is CCN(CC[CH2][In]([CH](C)C)[CH](C)C)C(C)C. The van der Waals surface area contributed by atoms with Crippen molar-refractivity contribution >= 4 is 21.4 Å². The molecule has 2 heteroatoms. The van der Waals surface area contributed by atoms with Crippen molar-refractivity contribution in [1.29, 1.82) is 0 Å². The first-order chi connectivity index (χ1) is 7.40. The first-order valence-corrected chi connectivity index (χ1v) is 13.3. The van der Waals surface area contributed by atoms with E-state index >= 15 is 0 Å². The van der Waals surface area contributed by atoms with Crippen LogP contribution in [-0.2, 0) is 0 Å². The molecule has 0 saturated carbocycles. The van der Waals surface area contributed by atoms with Gasteiger partial charge in [-0.2, -0.15) is 0 Å². The van der Waals surface area contributed by atoms with Crippen LogP contribution in [-0.4, -0.2) is 45.5 Å². The van der Waals surface area contributed by atoms with E-state index in [9.17, 15) is 0 Å². The Morgan fingerprint density at radius 2 is 1.44 bits per heavy atom. The monoisotopic (exact) mass is 329 g/mol. The van der Waals surface area contributed by atoms with Crippen LogP contribution >= 0.6 is 0 Å². The topological polar surface area (TPSA) is 3.24 Å². The predicted octanol–water partition coefficient (Wildman–Crippen LogP) is 4.42. The number of hydrogen-bond donors (Lipinski definition) is 0. The summed E-state index contributed by atoms with van der Waals surface area (Å²) in [5.74, 6) is 0. The first kappa shape index (κ1) is 16.8. The van der Waals surface area contributed by atoms with Crippen LogP contribution in [0.4, 0.5) is 0 Å². The van der Waals surface area contributed by atoms with Gasteiger partial charge < -0.3 is 0 Å². The molecule has 0 fully saturated rings. The van der Waals surface area contributed by atoms with Crippen LogP contribution < -0.4 is 0 Å². The molecule has 0 aromatic heterocycles. The van der Waals surface area contributed by atoms with E-state index in [-0.39, 0.29) is 0 Å².